The van der Waals surface area contributed by atoms with E-state index >= 15 is 0 Å². The highest BCUT2D eigenvalue weighted by atomic mass is 16.5. The molecule has 2 atom stereocenters. The molecule has 3 aliphatic rings. The topological polar surface area (TPSA) is 83.9 Å². The van der Waals surface area contributed by atoms with Gasteiger partial charge in [0.1, 0.15) is 18.4 Å². The van der Waals surface area contributed by atoms with Crippen LogP contribution in [0.5, 0.6) is 5.75 Å². The van der Waals surface area contributed by atoms with E-state index in [1.54, 1.807) is 11.0 Å². The Balaban J connectivity index is 1.13. The van der Waals surface area contributed by atoms with Crippen LogP contribution < -0.4 is 10.1 Å². The first-order valence-corrected chi connectivity index (χ1v) is 13.7. The molecule has 0 bridgehead atoms. The summed E-state index contributed by atoms with van der Waals surface area (Å²) in [6, 6.07) is 14.1. The van der Waals surface area contributed by atoms with E-state index < -0.39 is 11.9 Å². The van der Waals surface area contributed by atoms with Gasteiger partial charge < -0.3 is 14.2 Å². The molecule has 3 aromatic rings. The molecule has 3 amide bonds. The Morgan fingerprint density at radius 1 is 1.05 bits per heavy atom. The Bertz CT molecular complexity index is 1400. The minimum atomic E-state index is -0.606. The number of aromatic nitrogens is 1. The number of ether oxygens (including phenoxy) is 1. The van der Waals surface area contributed by atoms with Crippen molar-refractivity contribution >= 4 is 28.6 Å². The first-order valence-electron chi connectivity index (χ1n) is 13.7. The summed E-state index contributed by atoms with van der Waals surface area (Å²) < 4.78 is 8.63. The van der Waals surface area contributed by atoms with Crippen molar-refractivity contribution in [2.45, 2.75) is 70.7 Å². The number of likely N-dealkylation sites (tertiary alicyclic amines) is 1. The molecule has 3 aliphatic heterocycles. The summed E-state index contributed by atoms with van der Waals surface area (Å²) in [6.07, 6.45) is 6.27. The van der Waals surface area contributed by atoms with Gasteiger partial charge in [-0.25, -0.2) is 0 Å². The highest BCUT2D eigenvalue weighted by Gasteiger charge is 2.39. The molecule has 4 heterocycles. The van der Waals surface area contributed by atoms with E-state index in [0.29, 0.717) is 31.2 Å². The molecule has 2 fully saturated rings. The lowest BCUT2D eigenvalue weighted by Gasteiger charge is -2.35. The largest absolute Gasteiger partial charge is 0.492 e. The molecule has 0 saturated carbocycles. The summed E-state index contributed by atoms with van der Waals surface area (Å²) in [5, 5.41) is 3.64. The van der Waals surface area contributed by atoms with Gasteiger partial charge in [0, 0.05) is 43.9 Å². The number of carbonyl (C=O) groups excluding carboxylic acids is 3. The molecule has 2 aromatic carbocycles. The number of carbonyl (C=O) groups is 3. The normalized spacial score (nSPS) is 22.1. The summed E-state index contributed by atoms with van der Waals surface area (Å²) in [5.41, 5.74) is 4.15. The van der Waals surface area contributed by atoms with Crippen LogP contribution in [0, 0.1) is 0 Å². The van der Waals surface area contributed by atoms with Gasteiger partial charge in [-0.1, -0.05) is 24.6 Å². The lowest BCUT2D eigenvalue weighted by atomic mass is 10.0. The summed E-state index contributed by atoms with van der Waals surface area (Å²) in [6.45, 7) is 6.03. The van der Waals surface area contributed by atoms with Crippen LogP contribution in [0.15, 0.2) is 48.7 Å². The van der Waals surface area contributed by atoms with Crippen molar-refractivity contribution in [3.05, 3.63) is 65.4 Å². The predicted octanol–water partition coefficient (Wildman–Crippen LogP) is 3.86. The van der Waals surface area contributed by atoms with Gasteiger partial charge in [0.2, 0.25) is 11.8 Å². The van der Waals surface area contributed by atoms with E-state index in [1.807, 2.05) is 12.1 Å². The number of rotatable bonds is 7. The van der Waals surface area contributed by atoms with Gasteiger partial charge in [-0.3, -0.25) is 24.6 Å². The second-order valence-corrected chi connectivity index (χ2v) is 10.6. The fourth-order valence-electron chi connectivity index (χ4n) is 6.24. The molecular weight excluding hydrogens is 480 g/mol. The zero-order valence-corrected chi connectivity index (χ0v) is 21.8. The lowest BCUT2D eigenvalue weighted by molar-refractivity contribution is -0.136. The van der Waals surface area contributed by atoms with Crippen LogP contribution >= 0.6 is 0 Å². The maximum Gasteiger partial charge on any atom is 0.255 e. The molecule has 38 heavy (non-hydrogen) atoms. The summed E-state index contributed by atoms with van der Waals surface area (Å²) in [5.74, 6) is -0.0864. The van der Waals surface area contributed by atoms with E-state index in [1.165, 1.54) is 29.3 Å². The van der Waals surface area contributed by atoms with E-state index in [-0.39, 0.29) is 18.2 Å². The first kappa shape index (κ1) is 24.7. The number of hydrogen-bond donors (Lipinski definition) is 1. The summed E-state index contributed by atoms with van der Waals surface area (Å²) in [7, 11) is 0. The van der Waals surface area contributed by atoms with Crippen LogP contribution in [-0.2, 0) is 29.2 Å². The van der Waals surface area contributed by atoms with E-state index in [2.05, 4.69) is 52.2 Å². The quantitative estimate of drug-likeness (QED) is 0.484. The van der Waals surface area contributed by atoms with Crippen molar-refractivity contribution in [2.75, 3.05) is 13.2 Å². The van der Waals surface area contributed by atoms with Gasteiger partial charge >= 0.3 is 0 Å². The van der Waals surface area contributed by atoms with Crippen molar-refractivity contribution < 1.29 is 19.1 Å². The standard InChI is InChI=1S/C30H34N4O4/c1-2-32-15-13-20-6-5-7-21(28(20)32)17-33-14-4-3-8-23(33)19-38-24-9-10-25-22(16-24)18-34(30(25)37)26-11-12-27(35)31-29(26)36/h5-7,9-10,13,15-16,23,26H,2-4,8,11-12,14,17-19H2,1H3,(H,31,35,36)/t23-,26?/m1/s1. The SMILES string of the molecule is CCn1ccc2cccc(CN3CCCC[C@@H]3COc3ccc4c(c3)CN(C3CCC(=O)NC3=O)C4=O)c21. The van der Waals surface area contributed by atoms with Gasteiger partial charge in [-0.05, 0) is 73.5 Å². The third kappa shape index (κ3) is 4.58. The molecule has 1 aromatic heterocycles. The average molecular weight is 515 g/mol. The Kier molecular flexibility index (Phi) is 6.66. The molecule has 1 unspecified atom stereocenters. The highest BCUT2D eigenvalue weighted by molar-refractivity contribution is 6.05. The Labute approximate surface area is 222 Å². The van der Waals surface area contributed by atoms with Crippen molar-refractivity contribution in [3.8, 4) is 5.75 Å². The first-order chi connectivity index (χ1) is 18.5. The van der Waals surface area contributed by atoms with Crippen molar-refractivity contribution in [1.29, 1.82) is 0 Å². The molecule has 6 rings (SSSR count). The fourth-order valence-corrected chi connectivity index (χ4v) is 6.24. The van der Waals surface area contributed by atoms with Crippen LogP contribution in [0.25, 0.3) is 10.9 Å². The minimum Gasteiger partial charge on any atom is -0.492 e. The molecule has 0 spiro atoms. The number of para-hydroxylation sites is 1. The predicted molar refractivity (Wildman–Crippen MR) is 144 cm³/mol. The minimum absolute atomic E-state index is 0.162. The number of nitrogens with zero attached hydrogens (tertiary/aromatic N) is 3. The lowest BCUT2D eigenvalue weighted by Crippen LogP contribution is -2.52. The van der Waals surface area contributed by atoms with E-state index in [0.717, 1.165) is 37.4 Å². The third-order valence-electron chi connectivity index (χ3n) is 8.27. The number of aryl methyl sites for hydroxylation is 1. The molecule has 0 radical (unpaired) electrons. The van der Waals surface area contributed by atoms with Gasteiger partial charge in [-0.15, -0.1) is 0 Å². The maximum absolute atomic E-state index is 13.0. The maximum atomic E-state index is 13.0. The molecular formula is C30H34N4O4. The Morgan fingerprint density at radius 3 is 2.79 bits per heavy atom. The van der Waals surface area contributed by atoms with Crippen LogP contribution in [0.1, 0.15) is 60.5 Å². The molecule has 1 N–H and O–H groups in total. The molecule has 2 saturated heterocycles. The van der Waals surface area contributed by atoms with Gasteiger partial charge in [0.25, 0.3) is 5.91 Å². The van der Waals surface area contributed by atoms with Crippen LogP contribution in [0.3, 0.4) is 0 Å². The summed E-state index contributed by atoms with van der Waals surface area (Å²) in [4.78, 5) is 41.0. The smallest absolute Gasteiger partial charge is 0.255 e. The van der Waals surface area contributed by atoms with Crippen LogP contribution in [0.2, 0.25) is 0 Å². The van der Waals surface area contributed by atoms with Gasteiger partial charge in [0.05, 0.1) is 5.52 Å². The molecule has 8 nitrogen and oxygen atoms in total. The Hall–Kier alpha value is -3.65. The zero-order valence-electron chi connectivity index (χ0n) is 21.8. The van der Waals surface area contributed by atoms with Crippen molar-refractivity contribution in [2.24, 2.45) is 0 Å². The number of hydrogen-bond acceptors (Lipinski definition) is 5. The van der Waals surface area contributed by atoms with Gasteiger partial charge in [0.15, 0.2) is 0 Å². The number of benzene rings is 2. The number of amides is 3. The van der Waals surface area contributed by atoms with Gasteiger partial charge in [-0.2, -0.15) is 0 Å². The van der Waals surface area contributed by atoms with E-state index in [9.17, 15) is 14.4 Å². The second-order valence-electron chi connectivity index (χ2n) is 10.6. The van der Waals surface area contributed by atoms with Crippen molar-refractivity contribution in [1.82, 2.24) is 19.7 Å². The average Bonchev–Trinajstić information content (AvgIpc) is 3.49. The highest BCUT2D eigenvalue weighted by Crippen LogP contribution is 2.31. The number of imide groups is 1. The van der Waals surface area contributed by atoms with Crippen molar-refractivity contribution in [3.63, 3.8) is 0 Å². The van der Waals surface area contributed by atoms with Crippen LogP contribution in [-0.4, -0.2) is 57.3 Å². The Morgan fingerprint density at radius 2 is 1.95 bits per heavy atom. The number of piperidine rings is 2. The second kappa shape index (κ2) is 10.3. The zero-order chi connectivity index (χ0) is 26.2. The van der Waals surface area contributed by atoms with E-state index in [4.69, 9.17) is 4.74 Å². The molecule has 8 heteroatoms. The molecule has 0 aliphatic carbocycles. The summed E-state index contributed by atoms with van der Waals surface area (Å²) >= 11 is 0. The number of nitrogens with one attached hydrogen (secondary N) is 1. The van der Waals surface area contributed by atoms with Crippen LogP contribution in [0.4, 0.5) is 0 Å². The molecule has 198 valence electrons. The fraction of sp³-hybridized carbons (Fsp3) is 0.433. The third-order valence-corrected chi connectivity index (χ3v) is 8.27. The number of fused-ring (bicyclic) bond motifs is 2. The monoisotopic (exact) mass is 514 g/mol.